The minimum Gasteiger partial charge on any atom is -0.318 e. The van der Waals surface area contributed by atoms with Crippen LogP contribution < -0.4 is 10.6 Å². The first kappa shape index (κ1) is 15.1. The zero-order chi connectivity index (χ0) is 15.2. The Morgan fingerprint density at radius 1 is 0.905 bits per heavy atom. The van der Waals surface area contributed by atoms with E-state index in [0.717, 1.165) is 10.5 Å². The Morgan fingerprint density at radius 3 is 2.05 bits per heavy atom. The molecule has 0 bridgehead atoms. The van der Waals surface area contributed by atoms with Gasteiger partial charge in [-0.05, 0) is 49.1 Å². The number of hydrogen-bond donors (Lipinski definition) is 2. The molecule has 0 unspecified atom stereocenters. The molecule has 4 nitrogen and oxygen atoms in total. The first-order chi connectivity index (χ1) is 10.1. The molecule has 2 N–H and O–H groups in total. The maximum absolute atomic E-state index is 11.9. The summed E-state index contributed by atoms with van der Waals surface area (Å²) in [5, 5.41) is 5.16. The Labute approximate surface area is 127 Å². The molecule has 2 aromatic rings. The van der Waals surface area contributed by atoms with Crippen molar-refractivity contribution in [3.63, 3.8) is 0 Å². The molecule has 0 heterocycles. The van der Waals surface area contributed by atoms with Crippen LogP contribution in [0, 0.1) is 6.92 Å². The van der Waals surface area contributed by atoms with Crippen molar-refractivity contribution >= 4 is 35.0 Å². The average molecular weight is 300 g/mol. The van der Waals surface area contributed by atoms with E-state index in [2.05, 4.69) is 10.6 Å². The van der Waals surface area contributed by atoms with Crippen LogP contribution in [0.4, 0.5) is 11.4 Å². The predicted molar refractivity (Wildman–Crippen MR) is 86.7 cm³/mol. The van der Waals surface area contributed by atoms with Crippen molar-refractivity contribution in [2.24, 2.45) is 0 Å². The fourth-order valence-electron chi connectivity index (χ4n) is 1.80. The van der Waals surface area contributed by atoms with Gasteiger partial charge in [0, 0.05) is 16.3 Å². The second-order valence-corrected chi connectivity index (χ2v) is 5.39. The molecule has 2 amide bonds. The summed E-state index contributed by atoms with van der Waals surface area (Å²) in [6.45, 7) is 1.92. The van der Waals surface area contributed by atoms with Gasteiger partial charge in [-0.2, -0.15) is 0 Å². The number of aryl methyl sites for hydroxylation is 1. The Kier molecular flexibility index (Phi) is 5.00. The Balaban J connectivity index is 2.01. The lowest BCUT2D eigenvalue weighted by Gasteiger charge is -2.08. The third kappa shape index (κ3) is 4.36. The van der Waals surface area contributed by atoms with E-state index >= 15 is 0 Å². The molecule has 0 aliphatic heterocycles. The van der Waals surface area contributed by atoms with Gasteiger partial charge >= 0.3 is 11.8 Å². The quantitative estimate of drug-likeness (QED) is 0.675. The molecule has 2 aromatic carbocycles. The molecule has 0 fully saturated rings. The van der Waals surface area contributed by atoms with Crippen molar-refractivity contribution in [3.05, 3.63) is 54.1 Å². The molecular weight excluding hydrogens is 284 g/mol. The van der Waals surface area contributed by atoms with Gasteiger partial charge in [0.2, 0.25) is 0 Å². The van der Waals surface area contributed by atoms with Crippen molar-refractivity contribution < 1.29 is 9.59 Å². The van der Waals surface area contributed by atoms with Crippen LogP contribution >= 0.6 is 11.8 Å². The van der Waals surface area contributed by atoms with Crippen LogP contribution in [0.15, 0.2) is 53.4 Å². The van der Waals surface area contributed by atoms with Crippen molar-refractivity contribution in [2.75, 3.05) is 16.9 Å². The van der Waals surface area contributed by atoms with Crippen molar-refractivity contribution in [1.82, 2.24) is 0 Å². The maximum Gasteiger partial charge on any atom is 0.314 e. The monoisotopic (exact) mass is 300 g/mol. The number of hydrogen-bond acceptors (Lipinski definition) is 3. The van der Waals surface area contributed by atoms with Gasteiger partial charge in [0.25, 0.3) is 0 Å². The summed E-state index contributed by atoms with van der Waals surface area (Å²) in [5.41, 5.74) is 2.22. The topological polar surface area (TPSA) is 58.2 Å². The molecule has 0 atom stereocenters. The van der Waals surface area contributed by atoms with Crippen LogP contribution in [0.25, 0.3) is 0 Å². The van der Waals surface area contributed by atoms with Crippen LogP contribution in [0.1, 0.15) is 5.56 Å². The van der Waals surface area contributed by atoms with Crippen LogP contribution in [0.5, 0.6) is 0 Å². The lowest BCUT2D eigenvalue weighted by molar-refractivity contribution is -0.133. The van der Waals surface area contributed by atoms with E-state index in [1.807, 2.05) is 43.5 Å². The van der Waals surface area contributed by atoms with E-state index in [1.165, 1.54) is 0 Å². The molecule has 0 radical (unpaired) electrons. The highest BCUT2D eigenvalue weighted by Gasteiger charge is 2.14. The Hall–Kier alpha value is -2.27. The SMILES string of the molecule is CSc1cccc(NC(=O)C(=O)Nc2cccc(C)c2)c1. The highest BCUT2D eigenvalue weighted by atomic mass is 32.2. The molecule has 21 heavy (non-hydrogen) atoms. The highest BCUT2D eigenvalue weighted by molar-refractivity contribution is 7.98. The Morgan fingerprint density at radius 2 is 1.48 bits per heavy atom. The zero-order valence-electron chi connectivity index (χ0n) is 11.8. The molecule has 0 saturated heterocycles. The minimum absolute atomic E-state index is 0.603. The standard InChI is InChI=1S/C16H16N2O2S/c1-11-5-3-6-12(9-11)17-15(19)16(20)18-13-7-4-8-14(10-13)21-2/h3-10H,1-2H3,(H,17,19)(H,18,20). The van der Waals surface area contributed by atoms with E-state index in [4.69, 9.17) is 0 Å². The third-order valence-corrected chi connectivity index (χ3v) is 3.54. The lowest BCUT2D eigenvalue weighted by Crippen LogP contribution is -2.29. The van der Waals surface area contributed by atoms with E-state index in [9.17, 15) is 9.59 Å². The third-order valence-electron chi connectivity index (χ3n) is 2.81. The maximum atomic E-state index is 11.9. The normalized spacial score (nSPS) is 10.0. The molecule has 2 rings (SSSR count). The van der Waals surface area contributed by atoms with E-state index < -0.39 is 11.8 Å². The smallest absolute Gasteiger partial charge is 0.314 e. The number of benzene rings is 2. The molecule has 0 saturated carbocycles. The van der Waals surface area contributed by atoms with Crippen LogP contribution in [-0.4, -0.2) is 18.1 Å². The van der Waals surface area contributed by atoms with Crippen LogP contribution in [0.2, 0.25) is 0 Å². The van der Waals surface area contributed by atoms with Crippen molar-refractivity contribution in [2.45, 2.75) is 11.8 Å². The van der Waals surface area contributed by atoms with Crippen molar-refractivity contribution in [3.8, 4) is 0 Å². The summed E-state index contributed by atoms with van der Waals surface area (Å²) in [5.74, 6) is -1.37. The van der Waals surface area contributed by atoms with E-state index in [-0.39, 0.29) is 0 Å². The largest absolute Gasteiger partial charge is 0.318 e. The van der Waals surface area contributed by atoms with Gasteiger partial charge in [-0.3, -0.25) is 9.59 Å². The van der Waals surface area contributed by atoms with Crippen molar-refractivity contribution in [1.29, 1.82) is 0 Å². The van der Waals surface area contributed by atoms with E-state index in [0.29, 0.717) is 11.4 Å². The second-order valence-electron chi connectivity index (χ2n) is 4.51. The van der Waals surface area contributed by atoms with Crippen LogP contribution in [-0.2, 0) is 9.59 Å². The van der Waals surface area contributed by atoms with Gasteiger partial charge in [0.05, 0.1) is 0 Å². The lowest BCUT2D eigenvalue weighted by atomic mass is 10.2. The zero-order valence-corrected chi connectivity index (χ0v) is 12.7. The first-order valence-corrected chi connectivity index (χ1v) is 7.64. The second kappa shape index (κ2) is 6.95. The van der Waals surface area contributed by atoms with Gasteiger partial charge in [-0.15, -0.1) is 11.8 Å². The van der Waals surface area contributed by atoms with Gasteiger partial charge in [0.1, 0.15) is 0 Å². The van der Waals surface area contributed by atoms with Crippen LogP contribution in [0.3, 0.4) is 0 Å². The number of rotatable bonds is 3. The number of carbonyl (C=O) groups is 2. The predicted octanol–water partition coefficient (Wildman–Crippen LogP) is 3.29. The number of anilines is 2. The molecule has 108 valence electrons. The molecule has 0 aliphatic rings. The molecule has 5 heteroatoms. The van der Waals surface area contributed by atoms with Gasteiger partial charge in [0.15, 0.2) is 0 Å². The van der Waals surface area contributed by atoms with Gasteiger partial charge in [-0.25, -0.2) is 0 Å². The number of nitrogens with one attached hydrogen (secondary N) is 2. The molecule has 0 spiro atoms. The highest BCUT2D eigenvalue weighted by Crippen LogP contribution is 2.19. The molecule has 0 aliphatic carbocycles. The molecule has 0 aromatic heterocycles. The summed E-state index contributed by atoms with van der Waals surface area (Å²) in [6.07, 6.45) is 1.95. The fourth-order valence-corrected chi connectivity index (χ4v) is 2.26. The number of amides is 2. The summed E-state index contributed by atoms with van der Waals surface area (Å²) < 4.78 is 0. The summed E-state index contributed by atoms with van der Waals surface area (Å²) in [6, 6.07) is 14.6. The average Bonchev–Trinajstić information content (AvgIpc) is 2.47. The fraction of sp³-hybridized carbons (Fsp3) is 0.125. The number of thioether (sulfide) groups is 1. The first-order valence-electron chi connectivity index (χ1n) is 6.41. The summed E-state index contributed by atoms with van der Waals surface area (Å²) in [4.78, 5) is 24.7. The Bertz CT molecular complexity index is 671. The number of carbonyl (C=O) groups excluding carboxylic acids is 2. The van der Waals surface area contributed by atoms with Gasteiger partial charge < -0.3 is 10.6 Å². The summed E-state index contributed by atoms with van der Waals surface area (Å²) >= 11 is 1.57. The van der Waals surface area contributed by atoms with E-state index in [1.54, 1.807) is 30.0 Å². The summed E-state index contributed by atoms with van der Waals surface area (Å²) in [7, 11) is 0. The van der Waals surface area contributed by atoms with Gasteiger partial charge in [-0.1, -0.05) is 18.2 Å². The minimum atomic E-state index is -0.685. The molecular formula is C16H16N2O2S.